The van der Waals surface area contributed by atoms with Crippen LogP contribution in [-0.2, 0) is 16.0 Å². The van der Waals surface area contributed by atoms with Crippen molar-refractivity contribution in [2.45, 2.75) is 19.4 Å². The van der Waals surface area contributed by atoms with Crippen LogP contribution in [0.3, 0.4) is 0 Å². The highest BCUT2D eigenvalue weighted by molar-refractivity contribution is 5.86. The standard InChI is InChI=1S/C20H25N3O2.ClH/c1-15(19(21)17-10-6-3-7-11-17)20(25)23-14-18(24)22-13-12-16-8-4-2-5-9-16;/h2-11,15,19H,12-14,21H2,1H3,(H,22,24)(H,23,25);1H. The number of nitrogens with one attached hydrogen (secondary N) is 2. The van der Waals surface area contributed by atoms with Crippen LogP contribution < -0.4 is 16.4 Å². The Kier molecular flexibility index (Phi) is 9.41. The van der Waals surface area contributed by atoms with Crippen molar-refractivity contribution < 1.29 is 9.59 Å². The van der Waals surface area contributed by atoms with Gasteiger partial charge < -0.3 is 16.4 Å². The second kappa shape index (κ2) is 11.3. The summed E-state index contributed by atoms with van der Waals surface area (Å²) in [5.74, 6) is -0.848. The Hall–Kier alpha value is -2.37. The fourth-order valence-corrected chi connectivity index (χ4v) is 2.51. The summed E-state index contributed by atoms with van der Waals surface area (Å²) < 4.78 is 0. The first-order chi connectivity index (χ1) is 12.1. The number of hydrogen-bond donors (Lipinski definition) is 3. The lowest BCUT2D eigenvalue weighted by Crippen LogP contribution is -2.41. The zero-order valence-electron chi connectivity index (χ0n) is 14.9. The van der Waals surface area contributed by atoms with Crippen LogP contribution in [-0.4, -0.2) is 24.9 Å². The molecular weight excluding hydrogens is 350 g/mol. The maximum Gasteiger partial charge on any atom is 0.239 e. The van der Waals surface area contributed by atoms with Gasteiger partial charge in [-0.15, -0.1) is 12.4 Å². The molecule has 0 heterocycles. The van der Waals surface area contributed by atoms with E-state index in [2.05, 4.69) is 10.6 Å². The molecule has 2 unspecified atom stereocenters. The Morgan fingerprint density at radius 1 is 0.962 bits per heavy atom. The van der Waals surface area contributed by atoms with Crippen molar-refractivity contribution in [2.24, 2.45) is 11.7 Å². The highest BCUT2D eigenvalue weighted by atomic mass is 35.5. The number of halogens is 1. The molecule has 26 heavy (non-hydrogen) atoms. The van der Waals surface area contributed by atoms with Gasteiger partial charge in [0.25, 0.3) is 0 Å². The third kappa shape index (κ3) is 6.86. The summed E-state index contributed by atoms with van der Waals surface area (Å²) in [4.78, 5) is 24.0. The third-order valence-corrected chi connectivity index (χ3v) is 4.14. The van der Waals surface area contributed by atoms with Gasteiger partial charge in [-0.2, -0.15) is 0 Å². The fraction of sp³-hybridized carbons (Fsp3) is 0.300. The lowest BCUT2D eigenvalue weighted by atomic mass is 9.95. The van der Waals surface area contributed by atoms with E-state index in [1.165, 1.54) is 0 Å². The maximum atomic E-state index is 12.2. The molecule has 2 rings (SSSR count). The highest BCUT2D eigenvalue weighted by Gasteiger charge is 2.22. The first kappa shape index (κ1) is 21.7. The SMILES string of the molecule is CC(C(=O)NCC(=O)NCCc1ccccc1)C(N)c1ccccc1.Cl. The van der Waals surface area contributed by atoms with Crippen molar-refractivity contribution in [3.63, 3.8) is 0 Å². The van der Waals surface area contributed by atoms with Gasteiger partial charge in [0, 0.05) is 12.6 Å². The Bertz CT molecular complexity index is 680. The molecule has 6 heteroatoms. The number of benzene rings is 2. The summed E-state index contributed by atoms with van der Waals surface area (Å²) in [5, 5.41) is 5.45. The average Bonchev–Trinajstić information content (AvgIpc) is 2.66. The van der Waals surface area contributed by atoms with E-state index in [1.807, 2.05) is 60.7 Å². The molecule has 2 amide bonds. The smallest absolute Gasteiger partial charge is 0.239 e. The van der Waals surface area contributed by atoms with E-state index in [1.54, 1.807) is 6.92 Å². The summed E-state index contributed by atoms with van der Waals surface area (Å²) in [7, 11) is 0. The summed E-state index contributed by atoms with van der Waals surface area (Å²) in [6.07, 6.45) is 0.760. The van der Waals surface area contributed by atoms with Crippen LogP contribution in [0, 0.1) is 5.92 Å². The molecular formula is C20H26ClN3O2. The number of carbonyl (C=O) groups excluding carboxylic acids is 2. The second-order valence-corrected chi connectivity index (χ2v) is 6.03. The van der Waals surface area contributed by atoms with E-state index < -0.39 is 12.0 Å². The Balaban J connectivity index is 0.00000338. The van der Waals surface area contributed by atoms with Gasteiger partial charge in [-0.1, -0.05) is 67.6 Å². The molecule has 2 atom stereocenters. The number of nitrogens with two attached hydrogens (primary N) is 1. The predicted molar refractivity (Wildman–Crippen MR) is 106 cm³/mol. The van der Waals surface area contributed by atoms with Gasteiger partial charge in [0.05, 0.1) is 12.5 Å². The normalized spacial score (nSPS) is 12.4. The summed E-state index contributed by atoms with van der Waals surface area (Å²) in [6, 6.07) is 19.0. The van der Waals surface area contributed by atoms with Gasteiger partial charge in [0.2, 0.25) is 11.8 Å². The molecule has 4 N–H and O–H groups in total. The van der Waals surface area contributed by atoms with E-state index in [0.29, 0.717) is 6.54 Å². The summed E-state index contributed by atoms with van der Waals surface area (Å²) in [6.45, 7) is 2.26. The lowest BCUT2D eigenvalue weighted by Gasteiger charge is -2.19. The molecule has 2 aromatic rings. The van der Waals surface area contributed by atoms with Crippen LogP contribution in [0.1, 0.15) is 24.1 Å². The third-order valence-electron chi connectivity index (χ3n) is 4.14. The van der Waals surface area contributed by atoms with Crippen LogP contribution in [0.2, 0.25) is 0 Å². The molecule has 5 nitrogen and oxygen atoms in total. The second-order valence-electron chi connectivity index (χ2n) is 6.03. The minimum atomic E-state index is -0.417. The molecule has 0 saturated heterocycles. The molecule has 0 radical (unpaired) electrons. The minimum absolute atomic E-state index is 0. The van der Waals surface area contributed by atoms with Crippen LogP contribution >= 0.6 is 12.4 Å². The monoisotopic (exact) mass is 375 g/mol. The molecule has 140 valence electrons. The molecule has 0 bridgehead atoms. The van der Waals surface area contributed by atoms with Gasteiger partial charge in [-0.3, -0.25) is 9.59 Å². The Labute approximate surface area is 160 Å². The van der Waals surface area contributed by atoms with E-state index in [9.17, 15) is 9.59 Å². The van der Waals surface area contributed by atoms with Crippen LogP contribution in [0.15, 0.2) is 60.7 Å². The molecule has 0 aliphatic rings. The van der Waals surface area contributed by atoms with Crippen LogP contribution in [0.4, 0.5) is 0 Å². The van der Waals surface area contributed by atoms with E-state index in [-0.39, 0.29) is 30.8 Å². The average molecular weight is 376 g/mol. The van der Waals surface area contributed by atoms with E-state index in [0.717, 1.165) is 17.5 Å². The van der Waals surface area contributed by atoms with Crippen LogP contribution in [0.5, 0.6) is 0 Å². The van der Waals surface area contributed by atoms with Gasteiger partial charge in [0.1, 0.15) is 0 Å². The molecule has 0 fully saturated rings. The zero-order chi connectivity index (χ0) is 18.1. The number of hydrogen-bond acceptors (Lipinski definition) is 3. The molecule has 0 aromatic heterocycles. The van der Waals surface area contributed by atoms with E-state index >= 15 is 0 Å². The Morgan fingerprint density at radius 2 is 1.54 bits per heavy atom. The quantitative estimate of drug-likeness (QED) is 0.661. The summed E-state index contributed by atoms with van der Waals surface area (Å²) in [5.41, 5.74) is 8.19. The van der Waals surface area contributed by atoms with Gasteiger partial charge in [-0.25, -0.2) is 0 Å². The van der Waals surface area contributed by atoms with Crippen molar-refractivity contribution in [3.8, 4) is 0 Å². The highest BCUT2D eigenvalue weighted by Crippen LogP contribution is 2.18. The van der Waals surface area contributed by atoms with Crippen molar-refractivity contribution in [1.29, 1.82) is 0 Å². The first-order valence-corrected chi connectivity index (χ1v) is 8.47. The zero-order valence-corrected chi connectivity index (χ0v) is 15.7. The summed E-state index contributed by atoms with van der Waals surface area (Å²) >= 11 is 0. The van der Waals surface area contributed by atoms with Crippen molar-refractivity contribution in [1.82, 2.24) is 10.6 Å². The first-order valence-electron chi connectivity index (χ1n) is 8.47. The predicted octanol–water partition coefficient (Wildman–Crippen LogP) is 2.22. The topological polar surface area (TPSA) is 84.2 Å². The minimum Gasteiger partial charge on any atom is -0.354 e. The molecule has 0 spiro atoms. The van der Waals surface area contributed by atoms with E-state index in [4.69, 9.17) is 5.73 Å². The number of amides is 2. The lowest BCUT2D eigenvalue weighted by molar-refractivity contribution is -0.128. The largest absolute Gasteiger partial charge is 0.354 e. The van der Waals surface area contributed by atoms with Crippen molar-refractivity contribution in [2.75, 3.05) is 13.1 Å². The van der Waals surface area contributed by atoms with Crippen LogP contribution in [0.25, 0.3) is 0 Å². The van der Waals surface area contributed by atoms with Gasteiger partial charge in [-0.05, 0) is 17.5 Å². The van der Waals surface area contributed by atoms with Crippen molar-refractivity contribution >= 4 is 24.2 Å². The number of rotatable bonds is 8. The molecule has 0 saturated carbocycles. The maximum absolute atomic E-state index is 12.2. The van der Waals surface area contributed by atoms with Crippen molar-refractivity contribution in [3.05, 3.63) is 71.8 Å². The molecule has 0 aliphatic heterocycles. The van der Waals surface area contributed by atoms with Gasteiger partial charge >= 0.3 is 0 Å². The number of carbonyl (C=O) groups is 2. The molecule has 2 aromatic carbocycles. The van der Waals surface area contributed by atoms with Gasteiger partial charge in [0.15, 0.2) is 0 Å². The Morgan fingerprint density at radius 3 is 2.15 bits per heavy atom. The molecule has 0 aliphatic carbocycles. The fourth-order valence-electron chi connectivity index (χ4n) is 2.51.